The molecule has 0 aliphatic carbocycles. The third-order valence-corrected chi connectivity index (χ3v) is 5.62. The Labute approximate surface area is 179 Å². The monoisotopic (exact) mass is 441 g/mol. The average Bonchev–Trinajstić information content (AvgIpc) is 2.72. The molecule has 2 amide bonds. The molecule has 0 unspecified atom stereocenters. The van der Waals surface area contributed by atoms with Gasteiger partial charge in [0.1, 0.15) is 5.82 Å². The highest BCUT2D eigenvalue weighted by atomic mass is 32.2. The normalized spacial score (nSPS) is 10.9. The first-order valence-corrected chi connectivity index (χ1v) is 10.7. The molecule has 0 atom stereocenters. The maximum atomic E-state index is 14.1. The molecule has 0 spiro atoms. The SMILES string of the molecule is CC(=O)Nc1ccc(F)c(NC(=O)c2cccc(S(=O)(=O)Nc3ccc(C)cc3)c2)c1. The molecule has 9 heteroatoms. The number of carbonyl (C=O) groups excluding carboxylic acids is 2. The van der Waals surface area contributed by atoms with Crippen LogP contribution in [0.4, 0.5) is 21.5 Å². The van der Waals surface area contributed by atoms with Crippen LogP contribution in [0.1, 0.15) is 22.8 Å². The second-order valence-corrected chi connectivity index (χ2v) is 8.51. The fourth-order valence-corrected chi connectivity index (χ4v) is 3.84. The highest BCUT2D eigenvalue weighted by Crippen LogP contribution is 2.22. The predicted molar refractivity (Wildman–Crippen MR) is 117 cm³/mol. The minimum absolute atomic E-state index is 0.0242. The number of halogens is 1. The van der Waals surface area contributed by atoms with Crippen LogP contribution in [-0.2, 0) is 14.8 Å². The topological polar surface area (TPSA) is 104 Å². The Kier molecular flexibility index (Phi) is 6.36. The van der Waals surface area contributed by atoms with Crippen LogP contribution in [0.2, 0.25) is 0 Å². The van der Waals surface area contributed by atoms with Crippen molar-refractivity contribution in [3.8, 4) is 0 Å². The summed E-state index contributed by atoms with van der Waals surface area (Å²) >= 11 is 0. The number of hydrogen-bond donors (Lipinski definition) is 3. The van der Waals surface area contributed by atoms with Gasteiger partial charge in [-0.2, -0.15) is 0 Å². The molecular weight excluding hydrogens is 421 g/mol. The fourth-order valence-electron chi connectivity index (χ4n) is 2.74. The lowest BCUT2D eigenvalue weighted by Gasteiger charge is -2.11. The fraction of sp³-hybridized carbons (Fsp3) is 0.0909. The number of sulfonamides is 1. The second-order valence-electron chi connectivity index (χ2n) is 6.83. The third kappa shape index (κ3) is 5.67. The van der Waals surface area contributed by atoms with Gasteiger partial charge in [-0.15, -0.1) is 0 Å². The molecule has 0 heterocycles. The van der Waals surface area contributed by atoms with Gasteiger partial charge in [0.05, 0.1) is 10.6 Å². The minimum atomic E-state index is -3.93. The van der Waals surface area contributed by atoms with Crippen LogP contribution in [0.5, 0.6) is 0 Å². The lowest BCUT2D eigenvalue weighted by atomic mass is 10.2. The van der Waals surface area contributed by atoms with Crippen LogP contribution in [0.3, 0.4) is 0 Å². The first kappa shape index (κ1) is 22.0. The van der Waals surface area contributed by atoms with Crippen molar-refractivity contribution < 1.29 is 22.4 Å². The van der Waals surface area contributed by atoms with Crippen LogP contribution >= 0.6 is 0 Å². The van der Waals surface area contributed by atoms with Gasteiger partial charge in [0.25, 0.3) is 15.9 Å². The molecule has 0 fully saturated rings. The van der Waals surface area contributed by atoms with Crippen molar-refractivity contribution in [2.75, 3.05) is 15.4 Å². The van der Waals surface area contributed by atoms with E-state index < -0.39 is 21.7 Å². The molecular formula is C22H20FN3O4S. The van der Waals surface area contributed by atoms with Gasteiger partial charge < -0.3 is 10.6 Å². The summed E-state index contributed by atoms with van der Waals surface area (Å²) in [4.78, 5) is 23.7. The molecule has 0 aliphatic rings. The minimum Gasteiger partial charge on any atom is -0.326 e. The third-order valence-electron chi connectivity index (χ3n) is 4.25. The van der Waals surface area contributed by atoms with Crippen LogP contribution in [0.25, 0.3) is 0 Å². The molecule has 0 saturated heterocycles. The summed E-state index contributed by atoms with van der Waals surface area (Å²) in [6.07, 6.45) is 0. The number of aryl methyl sites for hydroxylation is 1. The highest BCUT2D eigenvalue weighted by Gasteiger charge is 2.17. The van der Waals surface area contributed by atoms with Gasteiger partial charge in [-0.3, -0.25) is 14.3 Å². The largest absolute Gasteiger partial charge is 0.326 e. The van der Waals surface area contributed by atoms with E-state index in [0.717, 1.165) is 11.6 Å². The molecule has 0 bridgehead atoms. The quantitative estimate of drug-likeness (QED) is 0.535. The zero-order chi connectivity index (χ0) is 22.6. The maximum absolute atomic E-state index is 14.1. The summed E-state index contributed by atoms with van der Waals surface area (Å²) in [6, 6.07) is 15.9. The first-order chi connectivity index (χ1) is 14.6. The van der Waals surface area contributed by atoms with E-state index in [1.54, 1.807) is 24.3 Å². The van der Waals surface area contributed by atoms with Crippen molar-refractivity contribution in [2.45, 2.75) is 18.7 Å². The number of anilines is 3. The van der Waals surface area contributed by atoms with Gasteiger partial charge in [0.15, 0.2) is 0 Å². The summed E-state index contributed by atoms with van der Waals surface area (Å²) in [5.41, 5.74) is 1.55. The zero-order valence-electron chi connectivity index (χ0n) is 16.8. The van der Waals surface area contributed by atoms with E-state index in [9.17, 15) is 22.4 Å². The molecule has 3 aromatic carbocycles. The van der Waals surface area contributed by atoms with Gasteiger partial charge >= 0.3 is 0 Å². The Morgan fingerprint density at radius 3 is 2.23 bits per heavy atom. The molecule has 160 valence electrons. The van der Waals surface area contributed by atoms with Gasteiger partial charge in [0, 0.05) is 23.9 Å². The van der Waals surface area contributed by atoms with E-state index in [1.165, 1.54) is 43.3 Å². The van der Waals surface area contributed by atoms with Crippen LogP contribution < -0.4 is 15.4 Å². The smallest absolute Gasteiger partial charge is 0.261 e. The number of amides is 2. The van der Waals surface area contributed by atoms with E-state index in [-0.39, 0.29) is 22.1 Å². The lowest BCUT2D eigenvalue weighted by molar-refractivity contribution is -0.114. The molecule has 31 heavy (non-hydrogen) atoms. The molecule has 0 saturated carbocycles. The zero-order valence-corrected chi connectivity index (χ0v) is 17.6. The van der Waals surface area contributed by atoms with E-state index in [4.69, 9.17) is 0 Å². The van der Waals surface area contributed by atoms with Crippen molar-refractivity contribution in [2.24, 2.45) is 0 Å². The van der Waals surface area contributed by atoms with E-state index in [2.05, 4.69) is 15.4 Å². The average molecular weight is 441 g/mol. The molecule has 3 rings (SSSR count). The summed E-state index contributed by atoms with van der Waals surface area (Å²) in [7, 11) is -3.93. The van der Waals surface area contributed by atoms with Crippen molar-refractivity contribution in [3.05, 3.63) is 83.7 Å². The maximum Gasteiger partial charge on any atom is 0.261 e. The molecule has 0 aromatic heterocycles. The molecule has 7 nitrogen and oxygen atoms in total. The van der Waals surface area contributed by atoms with Gasteiger partial charge in [0.2, 0.25) is 5.91 Å². The summed E-state index contributed by atoms with van der Waals surface area (Å²) < 4.78 is 41.9. The lowest BCUT2D eigenvalue weighted by Crippen LogP contribution is -2.16. The number of carbonyl (C=O) groups is 2. The summed E-state index contributed by atoms with van der Waals surface area (Å²) in [5.74, 6) is -1.75. The predicted octanol–water partition coefficient (Wildman–Crippen LogP) is 4.15. The summed E-state index contributed by atoms with van der Waals surface area (Å²) in [6.45, 7) is 3.19. The van der Waals surface area contributed by atoms with E-state index in [1.807, 2.05) is 6.92 Å². The standard InChI is InChI=1S/C22H20FN3O4S/c1-14-6-8-17(9-7-14)26-31(29,30)19-5-3-4-16(12-19)22(28)25-21-13-18(24-15(2)27)10-11-20(21)23/h3-13,26H,1-2H3,(H,24,27)(H,25,28). The van der Waals surface area contributed by atoms with E-state index in [0.29, 0.717) is 11.4 Å². The Hall–Kier alpha value is -3.72. The number of nitrogens with one attached hydrogen (secondary N) is 3. The van der Waals surface area contributed by atoms with Gasteiger partial charge in [-0.25, -0.2) is 12.8 Å². The molecule has 0 radical (unpaired) electrons. The van der Waals surface area contributed by atoms with Gasteiger partial charge in [-0.05, 0) is 55.5 Å². The molecule has 3 N–H and O–H groups in total. The Morgan fingerprint density at radius 1 is 0.871 bits per heavy atom. The van der Waals surface area contributed by atoms with Crippen LogP contribution in [0, 0.1) is 12.7 Å². The van der Waals surface area contributed by atoms with Crippen molar-refractivity contribution in [1.82, 2.24) is 0 Å². The Morgan fingerprint density at radius 2 is 1.55 bits per heavy atom. The Balaban J connectivity index is 1.82. The number of benzene rings is 3. The van der Waals surface area contributed by atoms with Crippen molar-refractivity contribution in [1.29, 1.82) is 0 Å². The number of rotatable bonds is 6. The molecule has 0 aliphatic heterocycles. The Bertz CT molecular complexity index is 1240. The van der Waals surface area contributed by atoms with Crippen molar-refractivity contribution in [3.63, 3.8) is 0 Å². The first-order valence-electron chi connectivity index (χ1n) is 9.22. The summed E-state index contributed by atoms with van der Waals surface area (Å²) in [5, 5.41) is 4.89. The number of hydrogen-bond acceptors (Lipinski definition) is 4. The van der Waals surface area contributed by atoms with Crippen LogP contribution in [0.15, 0.2) is 71.6 Å². The molecule has 3 aromatic rings. The highest BCUT2D eigenvalue weighted by molar-refractivity contribution is 7.92. The van der Waals surface area contributed by atoms with Gasteiger partial charge in [-0.1, -0.05) is 23.8 Å². The second kappa shape index (κ2) is 8.97. The van der Waals surface area contributed by atoms with E-state index >= 15 is 0 Å². The van der Waals surface area contributed by atoms with Crippen LogP contribution in [-0.4, -0.2) is 20.2 Å². The van der Waals surface area contributed by atoms with Crippen molar-refractivity contribution >= 4 is 38.9 Å².